The number of hydrogen-bond acceptors (Lipinski definition) is 4. The number of benzene rings is 2. The largest absolute Gasteiger partial charge is 0.508 e. The highest BCUT2D eigenvalue weighted by molar-refractivity contribution is 6.35. The molecule has 0 bridgehead atoms. The molecule has 0 saturated heterocycles. The summed E-state index contributed by atoms with van der Waals surface area (Å²) in [5, 5.41) is 33.4. The molecule has 0 aliphatic heterocycles. The lowest BCUT2D eigenvalue weighted by Crippen LogP contribution is -1.95. The Balaban J connectivity index is 2.28. The zero-order valence-corrected chi connectivity index (χ0v) is 10.3. The summed E-state index contributed by atoms with van der Waals surface area (Å²) in [6.07, 6.45) is 0. The van der Waals surface area contributed by atoms with E-state index in [9.17, 15) is 15.3 Å². The molecule has 3 aromatic rings. The van der Waals surface area contributed by atoms with E-state index in [2.05, 4.69) is 5.10 Å². The van der Waals surface area contributed by atoms with Crippen LogP contribution in [-0.4, -0.2) is 25.1 Å². The molecule has 6 heteroatoms. The van der Waals surface area contributed by atoms with Crippen LogP contribution in [0.1, 0.15) is 0 Å². The summed E-state index contributed by atoms with van der Waals surface area (Å²) in [6.45, 7) is 0. The first-order chi connectivity index (χ1) is 9.06. The quantitative estimate of drug-likeness (QED) is 0.638. The topological polar surface area (TPSA) is 78.5 Å². The Morgan fingerprint density at radius 1 is 0.947 bits per heavy atom. The van der Waals surface area contributed by atoms with Gasteiger partial charge in [0.2, 0.25) is 0 Å². The van der Waals surface area contributed by atoms with Crippen molar-refractivity contribution in [1.82, 2.24) is 9.78 Å². The lowest BCUT2D eigenvalue weighted by atomic mass is 10.2. The number of aromatic hydroxyl groups is 3. The molecule has 0 saturated carbocycles. The maximum absolute atomic E-state index is 9.75. The van der Waals surface area contributed by atoms with E-state index in [-0.39, 0.29) is 22.4 Å². The predicted molar refractivity (Wildman–Crippen MR) is 71.1 cm³/mol. The number of fused-ring (bicyclic) bond motifs is 1. The van der Waals surface area contributed by atoms with Crippen LogP contribution in [0.25, 0.3) is 16.6 Å². The fraction of sp³-hybridized carbons (Fsp3) is 0. The first-order valence-corrected chi connectivity index (χ1v) is 5.83. The summed E-state index contributed by atoms with van der Waals surface area (Å²) in [7, 11) is 0. The van der Waals surface area contributed by atoms with E-state index in [1.807, 2.05) is 0 Å². The molecule has 0 aliphatic carbocycles. The monoisotopic (exact) mass is 276 g/mol. The van der Waals surface area contributed by atoms with Crippen molar-refractivity contribution in [3.8, 4) is 22.9 Å². The Hall–Kier alpha value is -2.40. The molecule has 0 atom stereocenters. The maximum atomic E-state index is 9.75. The average molecular weight is 277 g/mol. The van der Waals surface area contributed by atoms with E-state index in [1.54, 1.807) is 12.1 Å². The second kappa shape index (κ2) is 4.07. The van der Waals surface area contributed by atoms with Crippen LogP contribution >= 0.6 is 11.6 Å². The van der Waals surface area contributed by atoms with Crippen molar-refractivity contribution in [2.75, 3.05) is 0 Å². The standard InChI is InChI=1S/C13H9ClN2O3/c14-13-10-5-9(18)6-11(19)12(10)15-16(13)7-1-3-8(17)4-2-7/h1-6,17-19H. The summed E-state index contributed by atoms with van der Waals surface area (Å²) in [5.74, 6) is -0.0938. The number of phenolic OH excluding ortho intramolecular Hbond substituents is 3. The summed E-state index contributed by atoms with van der Waals surface area (Å²) >= 11 is 6.19. The fourth-order valence-electron chi connectivity index (χ4n) is 1.89. The van der Waals surface area contributed by atoms with Gasteiger partial charge in [0, 0.05) is 11.5 Å². The molecule has 3 N–H and O–H groups in total. The van der Waals surface area contributed by atoms with Gasteiger partial charge in [0.15, 0.2) is 0 Å². The van der Waals surface area contributed by atoms with Crippen LogP contribution in [0.4, 0.5) is 0 Å². The van der Waals surface area contributed by atoms with Crippen molar-refractivity contribution in [1.29, 1.82) is 0 Å². The number of phenols is 3. The lowest BCUT2D eigenvalue weighted by Gasteiger charge is -2.02. The van der Waals surface area contributed by atoms with Crippen molar-refractivity contribution in [3.63, 3.8) is 0 Å². The first-order valence-electron chi connectivity index (χ1n) is 5.46. The van der Waals surface area contributed by atoms with Crippen molar-refractivity contribution in [2.45, 2.75) is 0 Å². The summed E-state index contributed by atoms with van der Waals surface area (Å²) < 4.78 is 1.42. The highest BCUT2D eigenvalue weighted by Gasteiger charge is 2.15. The van der Waals surface area contributed by atoms with Crippen LogP contribution in [0.3, 0.4) is 0 Å². The third-order valence-corrected chi connectivity index (χ3v) is 3.14. The van der Waals surface area contributed by atoms with Crippen LogP contribution in [0, 0.1) is 0 Å². The SMILES string of the molecule is Oc1ccc(-n2nc3c(O)cc(O)cc3c2Cl)cc1. The van der Waals surface area contributed by atoms with Gasteiger partial charge in [-0.25, -0.2) is 4.68 Å². The molecule has 0 aliphatic rings. The number of hydrogen-bond donors (Lipinski definition) is 3. The van der Waals surface area contributed by atoms with Gasteiger partial charge in [-0.15, -0.1) is 0 Å². The van der Waals surface area contributed by atoms with Crippen molar-refractivity contribution < 1.29 is 15.3 Å². The lowest BCUT2D eigenvalue weighted by molar-refractivity contribution is 0.454. The van der Waals surface area contributed by atoms with Gasteiger partial charge < -0.3 is 15.3 Å². The van der Waals surface area contributed by atoms with E-state index >= 15 is 0 Å². The fourth-order valence-corrected chi connectivity index (χ4v) is 2.17. The molecular formula is C13H9ClN2O3. The normalized spacial score (nSPS) is 11.0. The zero-order chi connectivity index (χ0) is 13.6. The minimum atomic E-state index is -0.144. The van der Waals surface area contributed by atoms with Gasteiger partial charge in [-0.1, -0.05) is 11.6 Å². The molecule has 0 spiro atoms. The van der Waals surface area contributed by atoms with Crippen LogP contribution in [-0.2, 0) is 0 Å². The molecule has 3 rings (SSSR count). The molecule has 1 aromatic heterocycles. The number of halogens is 1. The molecule has 5 nitrogen and oxygen atoms in total. The van der Waals surface area contributed by atoms with Gasteiger partial charge >= 0.3 is 0 Å². The Bertz CT molecular complexity index is 766. The Labute approximate surface area is 112 Å². The Kier molecular flexibility index (Phi) is 2.50. The number of aromatic nitrogens is 2. The van der Waals surface area contributed by atoms with E-state index < -0.39 is 0 Å². The van der Waals surface area contributed by atoms with E-state index in [1.165, 1.54) is 28.9 Å². The first kappa shape index (κ1) is 11.7. The minimum Gasteiger partial charge on any atom is -0.508 e. The second-order valence-corrected chi connectivity index (χ2v) is 4.44. The molecule has 19 heavy (non-hydrogen) atoms. The van der Waals surface area contributed by atoms with Crippen molar-refractivity contribution in [2.24, 2.45) is 0 Å². The van der Waals surface area contributed by atoms with Crippen LogP contribution in [0.5, 0.6) is 17.2 Å². The summed E-state index contributed by atoms with van der Waals surface area (Å²) in [6, 6.07) is 8.94. The van der Waals surface area contributed by atoms with Crippen LogP contribution in [0.15, 0.2) is 36.4 Å². The van der Waals surface area contributed by atoms with Gasteiger partial charge in [0.25, 0.3) is 0 Å². The molecule has 0 radical (unpaired) electrons. The highest BCUT2D eigenvalue weighted by Crippen LogP contribution is 2.34. The Morgan fingerprint density at radius 3 is 2.32 bits per heavy atom. The zero-order valence-electron chi connectivity index (χ0n) is 9.58. The highest BCUT2D eigenvalue weighted by atomic mass is 35.5. The van der Waals surface area contributed by atoms with Gasteiger partial charge in [-0.05, 0) is 30.3 Å². The molecule has 1 heterocycles. The summed E-state index contributed by atoms with van der Waals surface area (Å²) in [4.78, 5) is 0. The third kappa shape index (κ3) is 1.84. The molecular weight excluding hydrogens is 268 g/mol. The number of rotatable bonds is 1. The molecule has 0 amide bonds. The van der Waals surface area contributed by atoms with E-state index in [0.717, 1.165) is 0 Å². The second-order valence-electron chi connectivity index (χ2n) is 4.08. The van der Waals surface area contributed by atoms with Crippen molar-refractivity contribution in [3.05, 3.63) is 41.6 Å². The summed E-state index contributed by atoms with van der Waals surface area (Å²) in [5.41, 5.74) is 0.939. The molecule has 96 valence electrons. The van der Waals surface area contributed by atoms with Crippen molar-refractivity contribution >= 4 is 22.5 Å². The van der Waals surface area contributed by atoms with Gasteiger partial charge in [0.05, 0.1) is 5.69 Å². The minimum absolute atomic E-state index is 0.0860. The predicted octanol–water partition coefficient (Wildman–Crippen LogP) is 2.80. The van der Waals surface area contributed by atoms with Gasteiger partial charge in [0.1, 0.15) is 27.9 Å². The third-order valence-electron chi connectivity index (χ3n) is 2.78. The van der Waals surface area contributed by atoms with Crippen LogP contribution < -0.4 is 0 Å². The number of nitrogens with zero attached hydrogens (tertiary/aromatic N) is 2. The maximum Gasteiger partial charge on any atom is 0.147 e. The van der Waals surface area contributed by atoms with Gasteiger partial charge in [-0.2, -0.15) is 5.10 Å². The average Bonchev–Trinajstić information content (AvgIpc) is 2.69. The van der Waals surface area contributed by atoms with Crippen LogP contribution in [0.2, 0.25) is 5.15 Å². The van der Waals surface area contributed by atoms with E-state index in [4.69, 9.17) is 11.6 Å². The Morgan fingerprint density at radius 2 is 1.63 bits per heavy atom. The molecule has 2 aromatic carbocycles. The van der Waals surface area contributed by atoms with E-state index in [0.29, 0.717) is 16.6 Å². The molecule has 0 fully saturated rings. The molecule has 0 unspecified atom stereocenters. The smallest absolute Gasteiger partial charge is 0.147 e. The van der Waals surface area contributed by atoms with Gasteiger partial charge in [-0.3, -0.25) is 0 Å².